The van der Waals surface area contributed by atoms with Crippen LogP contribution < -0.4 is 5.32 Å². The Morgan fingerprint density at radius 2 is 1.84 bits per heavy atom. The molecule has 0 saturated carbocycles. The van der Waals surface area contributed by atoms with Crippen LogP contribution in [0.1, 0.15) is 43.7 Å². The number of rotatable bonds is 6. The van der Waals surface area contributed by atoms with Crippen molar-refractivity contribution in [3.63, 3.8) is 0 Å². The first-order valence-corrected chi connectivity index (χ1v) is 11.5. The van der Waals surface area contributed by atoms with E-state index in [2.05, 4.69) is 26.3 Å². The van der Waals surface area contributed by atoms with Crippen molar-refractivity contribution in [3.05, 3.63) is 75.4 Å². The van der Waals surface area contributed by atoms with Crippen LogP contribution in [0.5, 0.6) is 0 Å². The maximum atomic E-state index is 12.9. The number of likely N-dealkylation sites (N-methyl/N-ethyl adjacent to an activating group) is 1. The number of carbonyl (C=O) groups excluding carboxylic acids is 2. The molecule has 0 saturated heterocycles. The third kappa shape index (κ3) is 5.58. The Kier molecular flexibility index (Phi) is 7.41. The summed E-state index contributed by atoms with van der Waals surface area (Å²) in [6.07, 6.45) is 0. The standard InChI is InChI=1S/C24H26BrClN4O2/c1-5-29(23(32)16-9-8-10-17(25)13-16)15-22(31)27-21-14-20(24(2,3)4)28-30(21)19-12-7-6-11-18(19)26/h6-14H,5,15H2,1-4H3,(H,27,31). The van der Waals surface area contributed by atoms with Crippen LogP contribution >= 0.6 is 27.5 Å². The van der Waals surface area contributed by atoms with Crippen LogP contribution in [0.3, 0.4) is 0 Å². The zero-order chi connectivity index (χ0) is 23.5. The number of benzene rings is 2. The first kappa shape index (κ1) is 24.0. The number of nitrogens with zero attached hydrogens (tertiary/aromatic N) is 3. The summed E-state index contributed by atoms with van der Waals surface area (Å²) in [6.45, 7) is 8.30. The van der Waals surface area contributed by atoms with Crippen LogP contribution in [-0.2, 0) is 10.2 Å². The summed E-state index contributed by atoms with van der Waals surface area (Å²) in [6, 6.07) is 16.3. The van der Waals surface area contributed by atoms with E-state index in [4.69, 9.17) is 11.6 Å². The molecule has 0 aliphatic heterocycles. The highest BCUT2D eigenvalue weighted by Gasteiger charge is 2.23. The number of para-hydroxylation sites is 1. The average Bonchev–Trinajstić information content (AvgIpc) is 3.15. The second-order valence-corrected chi connectivity index (χ2v) is 9.73. The van der Waals surface area contributed by atoms with Gasteiger partial charge in [0.25, 0.3) is 5.91 Å². The fourth-order valence-corrected chi connectivity index (χ4v) is 3.75. The summed E-state index contributed by atoms with van der Waals surface area (Å²) in [5.74, 6) is -0.0261. The first-order valence-electron chi connectivity index (χ1n) is 10.3. The van der Waals surface area contributed by atoms with E-state index in [1.54, 1.807) is 28.9 Å². The molecule has 0 fully saturated rings. The molecule has 32 heavy (non-hydrogen) atoms. The molecule has 168 valence electrons. The van der Waals surface area contributed by atoms with Gasteiger partial charge in [-0.05, 0) is 37.3 Å². The molecule has 3 rings (SSSR count). The highest BCUT2D eigenvalue weighted by molar-refractivity contribution is 9.10. The van der Waals surface area contributed by atoms with E-state index in [9.17, 15) is 9.59 Å². The molecular weight excluding hydrogens is 492 g/mol. The lowest BCUT2D eigenvalue weighted by Gasteiger charge is -2.20. The summed E-state index contributed by atoms with van der Waals surface area (Å²) in [5.41, 5.74) is 1.77. The average molecular weight is 518 g/mol. The molecule has 1 heterocycles. The largest absolute Gasteiger partial charge is 0.330 e. The summed E-state index contributed by atoms with van der Waals surface area (Å²) in [4.78, 5) is 27.3. The van der Waals surface area contributed by atoms with E-state index < -0.39 is 0 Å². The number of hydrogen-bond donors (Lipinski definition) is 1. The van der Waals surface area contributed by atoms with E-state index in [1.807, 2.05) is 58.0 Å². The lowest BCUT2D eigenvalue weighted by molar-refractivity contribution is -0.116. The molecule has 0 bridgehead atoms. The van der Waals surface area contributed by atoms with Crippen molar-refractivity contribution in [3.8, 4) is 5.69 Å². The van der Waals surface area contributed by atoms with Crippen molar-refractivity contribution in [1.29, 1.82) is 0 Å². The number of nitrogens with one attached hydrogen (secondary N) is 1. The van der Waals surface area contributed by atoms with Gasteiger partial charge < -0.3 is 10.2 Å². The first-order chi connectivity index (χ1) is 15.1. The molecule has 0 atom stereocenters. The minimum absolute atomic E-state index is 0.0829. The van der Waals surface area contributed by atoms with E-state index >= 15 is 0 Å². The van der Waals surface area contributed by atoms with Gasteiger partial charge in [-0.1, -0.05) is 66.5 Å². The Morgan fingerprint density at radius 1 is 1.12 bits per heavy atom. The second-order valence-electron chi connectivity index (χ2n) is 8.41. The van der Waals surface area contributed by atoms with Crippen molar-refractivity contribution in [2.75, 3.05) is 18.4 Å². The molecule has 2 aromatic carbocycles. The van der Waals surface area contributed by atoms with Gasteiger partial charge in [-0.3, -0.25) is 9.59 Å². The van der Waals surface area contributed by atoms with Gasteiger partial charge in [0.15, 0.2) is 0 Å². The fraction of sp³-hybridized carbons (Fsp3) is 0.292. The summed E-state index contributed by atoms with van der Waals surface area (Å²) in [5, 5.41) is 8.12. The van der Waals surface area contributed by atoms with Crippen molar-refractivity contribution in [2.45, 2.75) is 33.1 Å². The normalized spacial score (nSPS) is 11.3. The highest BCUT2D eigenvalue weighted by atomic mass is 79.9. The number of hydrogen-bond acceptors (Lipinski definition) is 3. The Balaban J connectivity index is 1.85. The van der Waals surface area contributed by atoms with Crippen LogP contribution in [0.2, 0.25) is 5.02 Å². The van der Waals surface area contributed by atoms with Crippen LogP contribution in [0.15, 0.2) is 59.1 Å². The monoisotopic (exact) mass is 516 g/mol. The molecule has 3 aromatic rings. The molecule has 1 N–H and O–H groups in total. The summed E-state index contributed by atoms with van der Waals surface area (Å²) < 4.78 is 2.44. The predicted molar refractivity (Wildman–Crippen MR) is 132 cm³/mol. The number of halogens is 2. The van der Waals surface area contributed by atoms with E-state index in [1.165, 1.54) is 4.90 Å². The molecule has 2 amide bonds. The van der Waals surface area contributed by atoms with Gasteiger partial charge in [0.05, 0.1) is 16.4 Å². The second kappa shape index (κ2) is 9.88. The summed E-state index contributed by atoms with van der Waals surface area (Å²) >= 11 is 9.77. The van der Waals surface area contributed by atoms with Crippen LogP contribution in [0.4, 0.5) is 5.82 Å². The topological polar surface area (TPSA) is 67.2 Å². The zero-order valence-electron chi connectivity index (χ0n) is 18.5. The molecule has 6 nitrogen and oxygen atoms in total. The minimum atomic E-state index is -0.316. The van der Waals surface area contributed by atoms with Gasteiger partial charge in [-0.15, -0.1) is 0 Å². The Hall–Kier alpha value is -2.64. The fourth-order valence-electron chi connectivity index (χ4n) is 3.13. The number of aromatic nitrogens is 2. The van der Waals surface area contributed by atoms with E-state index in [-0.39, 0.29) is 23.8 Å². The quantitative estimate of drug-likeness (QED) is 0.457. The Labute approximate surface area is 201 Å². The maximum Gasteiger partial charge on any atom is 0.254 e. The molecule has 0 unspecified atom stereocenters. The Morgan fingerprint density at radius 3 is 2.47 bits per heavy atom. The lowest BCUT2D eigenvalue weighted by atomic mass is 9.92. The van der Waals surface area contributed by atoms with Gasteiger partial charge >= 0.3 is 0 Å². The zero-order valence-corrected chi connectivity index (χ0v) is 20.9. The van der Waals surface area contributed by atoms with Gasteiger partial charge in [0, 0.05) is 28.1 Å². The number of amides is 2. The third-order valence-corrected chi connectivity index (χ3v) is 5.71. The van der Waals surface area contributed by atoms with Crippen LogP contribution in [0.25, 0.3) is 5.69 Å². The third-order valence-electron chi connectivity index (χ3n) is 4.90. The van der Waals surface area contributed by atoms with Gasteiger partial charge in [-0.25, -0.2) is 4.68 Å². The molecule has 0 spiro atoms. The smallest absolute Gasteiger partial charge is 0.254 e. The van der Waals surface area contributed by atoms with Crippen molar-refractivity contribution in [1.82, 2.24) is 14.7 Å². The summed E-state index contributed by atoms with van der Waals surface area (Å²) in [7, 11) is 0. The molecular formula is C24H26BrClN4O2. The molecule has 0 aliphatic rings. The van der Waals surface area contributed by atoms with Gasteiger partial charge in [-0.2, -0.15) is 5.10 Å². The molecule has 0 aliphatic carbocycles. The lowest BCUT2D eigenvalue weighted by Crippen LogP contribution is -2.38. The molecule has 8 heteroatoms. The van der Waals surface area contributed by atoms with Crippen LogP contribution in [-0.4, -0.2) is 39.6 Å². The van der Waals surface area contributed by atoms with Gasteiger partial charge in [0.2, 0.25) is 5.91 Å². The van der Waals surface area contributed by atoms with Crippen molar-refractivity contribution < 1.29 is 9.59 Å². The van der Waals surface area contributed by atoms with Crippen molar-refractivity contribution >= 4 is 45.2 Å². The van der Waals surface area contributed by atoms with Gasteiger partial charge in [0.1, 0.15) is 12.4 Å². The SMILES string of the molecule is CCN(CC(=O)Nc1cc(C(C)(C)C)nn1-c1ccccc1Cl)C(=O)c1cccc(Br)c1. The predicted octanol–water partition coefficient (Wildman–Crippen LogP) is 5.69. The van der Waals surface area contributed by atoms with E-state index in [0.29, 0.717) is 28.6 Å². The number of anilines is 1. The van der Waals surface area contributed by atoms with E-state index in [0.717, 1.165) is 10.2 Å². The van der Waals surface area contributed by atoms with Crippen molar-refractivity contribution in [2.24, 2.45) is 0 Å². The number of carbonyl (C=O) groups is 2. The maximum absolute atomic E-state index is 12.9. The highest BCUT2D eigenvalue weighted by Crippen LogP contribution is 2.29. The minimum Gasteiger partial charge on any atom is -0.330 e. The molecule has 0 radical (unpaired) electrons. The molecule has 1 aromatic heterocycles. The Bertz CT molecular complexity index is 1140. The van der Waals surface area contributed by atoms with Crippen LogP contribution in [0, 0.1) is 0 Å².